The van der Waals surface area contributed by atoms with E-state index in [0.717, 1.165) is 0 Å². The number of alkyl halides is 6. The molecule has 0 aliphatic rings. The molecule has 4 N–H and O–H groups in total. The highest BCUT2D eigenvalue weighted by Gasteiger charge is 2.45. The molecule has 0 aliphatic carbocycles. The maximum atomic E-state index is 11.4. The summed E-state index contributed by atoms with van der Waals surface area (Å²) in [5, 5.41) is 11.1. The van der Waals surface area contributed by atoms with Crippen molar-refractivity contribution in [3.63, 3.8) is 0 Å². The Balaban J connectivity index is -0.000000316. The molecule has 26 heavy (non-hydrogen) atoms. The molecule has 16 heteroatoms. The van der Waals surface area contributed by atoms with Crippen LogP contribution in [0, 0.1) is 0 Å². The van der Waals surface area contributed by atoms with Crippen molar-refractivity contribution >= 4 is 20.2 Å². The van der Waals surface area contributed by atoms with Gasteiger partial charge in [-0.3, -0.25) is 9.11 Å². The van der Waals surface area contributed by atoms with Gasteiger partial charge in [0.05, 0.1) is 12.7 Å². The molecule has 0 saturated carbocycles. The van der Waals surface area contributed by atoms with Gasteiger partial charge in [0, 0.05) is 0 Å². The summed E-state index contributed by atoms with van der Waals surface area (Å²) in [5.74, 6) is 0. The molecule has 3 atom stereocenters. The van der Waals surface area contributed by atoms with Crippen LogP contribution in [0.1, 0.15) is 27.2 Å². The van der Waals surface area contributed by atoms with Gasteiger partial charge in [0.2, 0.25) is 0 Å². The van der Waals surface area contributed by atoms with Crippen LogP contribution >= 0.6 is 0 Å². The minimum atomic E-state index is -4.99. The quantitative estimate of drug-likeness (QED) is 0.374. The van der Waals surface area contributed by atoms with Crippen molar-refractivity contribution in [3.8, 4) is 0 Å². The smallest absolute Gasteiger partial charge is 0.394 e. The Hall–Kier alpha value is -0.680. The van der Waals surface area contributed by atoms with Crippen molar-refractivity contribution in [2.75, 3.05) is 6.61 Å². The topological polar surface area (TPSA) is 149 Å². The fraction of sp³-hybridized carbons (Fsp3) is 1.00. The Morgan fingerprint density at radius 1 is 0.808 bits per heavy atom. The number of aliphatic hydroxyl groups excluding tert-OH is 2. The van der Waals surface area contributed by atoms with Gasteiger partial charge in [-0.15, -0.1) is 0 Å². The second-order valence-electron chi connectivity index (χ2n) is 4.64. The standard InChI is InChI=1S/C4H10O2.2C3H5F3O3S/c1-2-4(6)3-5;2*1-2(3(4,5)6)10(7,8)9/h4-6H,2-3H2,1H3;2*2H,1H3,(H,7,8,9). The van der Waals surface area contributed by atoms with Gasteiger partial charge in [0.25, 0.3) is 20.2 Å². The average Bonchev–Trinajstić information content (AvgIpc) is 2.42. The Morgan fingerprint density at radius 2 is 1.04 bits per heavy atom. The molecule has 3 unspecified atom stereocenters. The Kier molecular flexibility index (Phi) is 13.0. The van der Waals surface area contributed by atoms with Crippen LogP contribution in [0.25, 0.3) is 0 Å². The van der Waals surface area contributed by atoms with E-state index in [1.807, 2.05) is 6.92 Å². The Morgan fingerprint density at radius 3 is 1.04 bits per heavy atom. The van der Waals surface area contributed by atoms with Crippen molar-refractivity contribution in [2.45, 2.75) is 56.1 Å². The number of hydrogen-bond donors (Lipinski definition) is 4. The van der Waals surface area contributed by atoms with Crippen LogP contribution in [-0.4, -0.2) is 71.7 Å². The average molecular weight is 446 g/mol. The SMILES string of the molecule is CC(C(F)(F)F)S(=O)(=O)O.CC(C(F)(F)F)S(=O)(=O)O.CCC(O)CO. The van der Waals surface area contributed by atoms with Crippen molar-refractivity contribution in [1.29, 1.82) is 0 Å². The first kappa shape index (κ1) is 30.1. The summed E-state index contributed by atoms with van der Waals surface area (Å²) in [7, 11) is -9.97. The van der Waals surface area contributed by atoms with Crippen LogP contribution in [0.15, 0.2) is 0 Å². The van der Waals surface area contributed by atoms with Crippen LogP contribution in [0.2, 0.25) is 0 Å². The third-order valence-electron chi connectivity index (χ3n) is 2.50. The first-order valence-electron chi connectivity index (χ1n) is 6.47. The van der Waals surface area contributed by atoms with Crippen molar-refractivity contribution < 1.29 is 62.5 Å². The highest BCUT2D eigenvalue weighted by molar-refractivity contribution is 7.86. The summed E-state index contributed by atoms with van der Waals surface area (Å²) in [4.78, 5) is 0. The predicted octanol–water partition coefficient (Wildman–Crippen LogP) is 1.40. The van der Waals surface area contributed by atoms with E-state index in [1.165, 1.54) is 0 Å². The molecule has 8 nitrogen and oxygen atoms in total. The molecular formula is C10H20F6O8S2. The maximum absolute atomic E-state index is 11.4. The minimum absolute atomic E-state index is 0.115. The van der Waals surface area contributed by atoms with Crippen molar-refractivity contribution in [2.24, 2.45) is 0 Å². The summed E-state index contributed by atoms with van der Waals surface area (Å²) in [5.41, 5.74) is 0. The summed E-state index contributed by atoms with van der Waals surface area (Å²) >= 11 is 0. The third kappa shape index (κ3) is 15.6. The molecule has 0 aliphatic heterocycles. The van der Waals surface area contributed by atoms with E-state index >= 15 is 0 Å². The molecule has 0 fully saturated rings. The molecular weight excluding hydrogens is 426 g/mol. The van der Waals surface area contributed by atoms with E-state index in [2.05, 4.69) is 0 Å². The first-order valence-corrected chi connectivity index (χ1v) is 9.47. The van der Waals surface area contributed by atoms with E-state index in [0.29, 0.717) is 20.3 Å². The highest BCUT2D eigenvalue weighted by Crippen LogP contribution is 2.25. The van der Waals surface area contributed by atoms with E-state index < -0.39 is 49.2 Å². The molecule has 0 aromatic heterocycles. The van der Waals surface area contributed by atoms with Gasteiger partial charge < -0.3 is 10.2 Å². The van der Waals surface area contributed by atoms with Crippen molar-refractivity contribution in [3.05, 3.63) is 0 Å². The number of hydrogen-bond acceptors (Lipinski definition) is 6. The summed E-state index contributed by atoms with van der Waals surface area (Å²) in [6.45, 7) is 2.45. The zero-order valence-corrected chi connectivity index (χ0v) is 15.3. The molecule has 0 aromatic carbocycles. The largest absolute Gasteiger partial charge is 0.407 e. The first-order chi connectivity index (χ1) is 11.1. The second kappa shape index (κ2) is 11.2. The van der Waals surface area contributed by atoms with Gasteiger partial charge in [0.1, 0.15) is 0 Å². The van der Waals surface area contributed by atoms with E-state index in [1.54, 1.807) is 0 Å². The molecule has 0 saturated heterocycles. The van der Waals surface area contributed by atoms with Crippen LogP contribution in [0.5, 0.6) is 0 Å². The normalized spacial score (nSPS) is 16.3. The lowest BCUT2D eigenvalue weighted by Gasteiger charge is -2.10. The monoisotopic (exact) mass is 446 g/mol. The summed E-state index contributed by atoms with van der Waals surface area (Å²) in [6.07, 6.45) is -9.66. The summed E-state index contributed by atoms with van der Waals surface area (Å²) in [6, 6.07) is 0. The van der Waals surface area contributed by atoms with E-state index in [9.17, 15) is 43.2 Å². The van der Waals surface area contributed by atoms with Gasteiger partial charge >= 0.3 is 12.4 Å². The molecule has 0 radical (unpaired) electrons. The second-order valence-corrected chi connectivity index (χ2v) is 8.12. The van der Waals surface area contributed by atoms with Gasteiger partial charge in [-0.1, -0.05) is 6.92 Å². The van der Waals surface area contributed by atoms with Crippen LogP contribution < -0.4 is 0 Å². The Bertz CT molecular complexity index is 532. The summed E-state index contributed by atoms with van der Waals surface area (Å²) < 4.78 is 123. The lowest BCUT2D eigenvalue weighted by Crippen LogP contribution is -2.33. The van der Waals surface area contributed by atoms with Gasteiger partial charge in [-0.2, -0.15) is 43.2 Å². The van der Waals surface area contributed by atoms with Crippen LogP contribution in [0.4, 0.5) is 26.3 Å². The van der Waals surface area contributed by atoms with Gasteiger partial charge in [-0.05, 0) is 20.3 Å². The molecule has 0 amide bonds. The Labute approximate surface area is 146 Å². The van der Waals surface area contributed by atoms with Crippen LogP contribution in [-0.2, 0) is 20.2 Å². The van der Waals surface area contributed by atoms with Gasteiger partial charge in [-0.25, -0.2) is 0 Å². The fourth-order valence-electron chi connectivity index (χ4n) is 0.467. The number of rotatable bonds is 4. The molecule has 0 bridgehead atoms. The lowest BCUT2D eigenvalue weighted by atomic mass is 10.3. The third-order valence-corrected chi connectivity index (χ3v) is 4.82. The molecule has 0 rings (SSSR count). The lowest BCUT2D eigenvalue weighted by molar-refractivity contribution is -0.129. The van der Waals surface area contributed by atoms with Crippen molar-refractivity contribution in [1.82, 2.24) is 0 Å². The fourth-order valence-corrected chi connectivity index (χ4v) is 1.14. The maximum Gasteiger partial charge on any atom is 0.407 e. The molecule has 0 aromatic rings. The minimum Gasteiger partial charge on any atom is -0.394 e. The van der Waals surface area contributed by atoms with Gasteiger partial charge in [0.15, 0.2) is 10.5 Å². The van der Waals surface area contributed by atoms with E-state index in [4.69, 9.17) is 19.3 Å². The zero-order valence-electron chi connectivity index (χ0n) is 13.7. The number of halogens is 6. The molecule has 0 heterocycles. The van der Waals surface area contributed by atoms with Crippen LogP contribution in [0.3, 0.4) is 0 Å². The molecule has 0 spiro atoms. The predicted molar refractivity (Wildman–Crippen MR) is 77.5 cm³/mol. The zero-order chi connectivity index (χ0) is 22.1. The highest BCUT2D eigenvalue weighted by atomic mass is 32.2. The number of aliphatic hydroxyl groups is 2. The van der Waals surface area contributed by atoms with E-state index in [-0.39, 0.29) is 6.61 Å². The molecule has 162 valence electrons.